The maximum atomic E-state index is 12.5. The highest BCUT2D eigenvalue weighted by molar-refractivity contribution is 6.00. The van der Waals surface area contributed by atoms with Crippen LogP contribution in [0.5, 0.6) is 0 Å². The summed E-state index contributed by atoms with van der Waals surface area (Å²) in [5.74, 6) is -0.877. The zero-order valence-electron chi connectivity index (χ0n) is 15.0. The van der Waals surface area contributed by atoms with Gasteiger partial charge in [0.05, 0.1) is 18.4 Å². The molecule has 0 bridgehead atoms. The summed E-state index contributed by atoms with van der Waals surface area (Å²) in [6, 6.07) is 0. The third-order valence-electron chi connectivity index (χ3n) is 4.32. The molecule has 2 aromatic heterocycles. The number of aromatic amines is 2. The van der Waals surface area contributed by atoms with E-state index in [0.717, 1.165) is 5.56 Å². The van der Waals surface area contributed by atoms with Gasteiger partial charge in [-0.15, -0.1) is 0 Å². The maximum Gasteiger partial charge on any atom is 0.339 e. The zero-order valence-corrected chi connectivity index (χ0v) is 15.0. The number of esters is 1. The Balaban J connectivity index is 2.28. The largest absolute Gasteiger partial charge is 0.465 e. The summed E-state index contributed by atoms with van der Waals surface area (Å²) in [7, 11) is 1.30. The molecule has 0 spiro atoms. The summed E-state index contributed by atoms with van der Waals surface area (Å²) in [6.45, 7) is 7.19. The smallest absolute Gasteiger partial charge is 0.339 e. The van der Waals surface area contributed by atoms with Gasteiger partial charge in [-0.1, -0.05) is 6.92 Å². The fourth-order valence-corrected chi connectivity index (χ4v) is 2.67. The van der Waals surface area contributed by atoms with E-state index in [1.54, 1.807) is 20.8 Å². The van der Waals surface area contributed by atoms with Gasteiger partial charge in [0.1, 0.15) is 5.69 Å². The SMILES string of the molecule is CCc1[nH]c(C(=O)NCc2c(C)c(C)n[nH]c2=O)c(C)c1C(=O)OC. The molecule has 134 valence electrons. The number of aryl methyl sites for hydroxylation is 2. The molecule has 0 radical (unpaired) electrons. The third-order valence-corrected chi connectivity index (χ3v) is 4.32. The molecule has 0 atom stereocenters. The number of ether oxygens (including phenoxy) is 1. The highest BCUT2D eigenvalue weighted by Gasteiger charge is 2.23. The van der Waals surface area contributed by atoms with Crippen molar-refractivity contribution in [2.45, 2.75) is 40.7 Å². The average molecular weight is 346 g/mol. The molecule has 0 saturated heterocycles. The van der Waals surface area contributed by atoms with E-state index in [4.69, 9.17) is 4.74 Å². The van der Waals surface area contributed by atoms with Crippen molar-refractivity contribution >= 4 is 11.9 Å². The van der Waals surface area contributed by atoms with Gasteiger partial charge in [-0.3, -0.25) is 9.59 Å². The lowest BCUT2D eigenvalue weighted by atomic mass is 10.1. The Morgan fingerprint density at radius 3 is 2.48 bits per heavy atom. The normalized spacial score (nSPS) is 10.6. The highest BCUT2D eigenvalue weighted by atomic mass is 16.5. The van der Waals surface area contributed by atoms with Crippen molar-refractivity contribution in [3.63, 3.8) is 0 Å². The summed E-state index contributed by atoms with van der Waals surface area (Å²) in [5.41, 5.74) is 3.38. The lowest BCUT2D eigenvalue weighted by Gasteiger charge is -2.08. The van der Waals surface area contributed by atoms with Crippen molar-refractivity contribution < 1.29 is 14.3 Å². The van der Waals surface area contributed by atoms with Gasteiger partial charge in [0.2, 0.25) is 0 Å². The Kier molecular flexibility index (Phi) is 5.41. The van der Waals surface area contributed by atoms with Crippen LogP contribution in [0.3, 0.4) is 0 Å². The molecule has 25 heavy (non-hydrogen) atoms. The summed E-state index contributed by atoms with van der Waals surface area (Å²) in [4.78, 5) is 39.3. The number of nitrogens with one attached hydrogen (secondary N) is 3. The molecule has 3 N–H and O–H groups in total. The van der Waals surface area contributed by atoms with E-state index in [0.29, 0.717) is 34.5 Å². The molecular weight excluding hydrogens is 324 g/mol. The number of nitrogens with zero attached hydrogens (tertiary/aromatic N) is 1. The number of amides is 1. The Morgan fingerprint density at radius 1 is 1.20 bits per heavy atom. The van der Waals surface area contributed by atoms with Crippen LogP contribution in [0.15, 0.2) is 4.79 Å². The van der Waals surface area contributed by atoms with E-state index in [9.17, 15) is 14.4 Å². The number of hydrogen-bond acceptors (Lipinski definition) is 5. The summed E-state index contributed by atoms with van der Waals surface area (Å²) in [5, 5.41) is 9.00. The first-order valence-corrected chi connectivity index (χ1v) is 7.94. The number of hydrogen-bond donors (Lipinski definition) is 3. The van der Waals surface area contributed by atoms with Gasteiger partial charge in [-0.2, -0.15) is 5.10 Å². The topological polar surface area (TPSA) is 117 Å². The lowest BCUT2D eigenvalue weighted by Crippen LogP contribution is -2.29. The van der Waals surface area contributed by atoms with Crippen molar-refractivity contribution in [1.29, 1.82) is 0 Å². The zero-order chi connectivity index (χ0) is 18.7. The molecule has 2 aromatic rings. The second kappa shape index (κ2) is 7.33. The van der Waals surface area contributed by atoms with Gasteiger partial charge in [0.25, 0.3) is 11.5 Å². The molecular formula is C17H22N4O4. The molecule has 0 aliphatic rings. The van der Waals surface area contributed by atoms with E-state index in [1.165, 1.54) is 7.11 Å². The second-order valence-electron chi connectivity index (χ2n) is 5.75. The van der Waals surface area contributed by atoms with Crippen LogP contribution in [0.25, 0.3) is 0 Å². The standard InChI is InChI=1S/C17H22N4O4/c1-6-12-13(17(24)25-5)9(3)14(19-12)16(23)18-7-11-8(2)10(4)20-21-15(11)22/h19H,6-7H2,1-5H3,(H,18,23)(H,21,22). The van der Waals surface area contributed by atoms with Gasteiger partial charge in [0.15, 0.2) is 0 Å². The van der Waals surface area contributed by atoms with E-state index in [-0.39, 0.29) is 17.8 Å². The van der Waals surface area contributed by atoms with Gasteiger partial charge >= 0.3 is 5.97 Å². The molecule has 0 aliphatic heterocycles. The Labute approximate surface area is 145 Å². The van der Waals surface area contributed by atoms with Crippen LogP contribution in [-0.2, 0) is 17.7 Å². The molecule has 0 unspecified atom stereocenters. The van der Waals surface area contributed by atoms with Crippen LogP contribution < -0.4 is 10.9 Å². The van der Waals surface area contributed by atoms with Crippen molar-refractivity contribution in [1.82, 2.24) is 20.5 Å². The number of rotatable bonds is 5. The first-order chi connectivity index (χ1) is 11.8. The van der Waals surface area contributed by atoms with Crippen LogP contribution >= 0.6 is 0 Å². The Hall–Kier alpha value is -2.90. The van der Waals surface area contributed by atoms with Crippen LogP contribution in [0.2, 0.25) is 0 Å². The fourth-order valence-electron chi connectivity index (χ4n) is 2.67. The average Bonchev–Trinajstić information content (AvgIpc) is 2.94. The van der Waals surface area contributed by atoms with Gasteiger partial charge in [-0.25, -0.2) is 9.89 Å². The highest BCUT2D eigenvalue weighted by Crippen LogP contribution is 2.20. The molecule has 8 nitrogen and oxygen atoms in total. The lowest BCUT2D eigenvalue weighted by molar-refractivity contribution is 0.0599. The van der Waals surface area contributed by atoms with Crippen molar-refractivity contribution in [3.8, 4) is 0 Å². The predicted octanol–water partition coefficient (Wildman–Crippen LogP) is 1.30. The van der Waals surface area contributed by atoms with E-state index in [1.807, 2.05) is 6.92 Å². The number of H-pyrrole nitrogens is 2. The monoisotopic (exact) mass is 346 g/mol. The van der Waals surface area contributed by atoms with Crippen LogP contribution in [0, 0.1) is 20.8 Å². The fraction of sp³-hybridized carbons (Fsp3) is 0.412. The summed E-state index contributed by atoms with van der Waals surface area (Å²) in [6.07, 6.45) is 0.556. The predicted molar refractivity (Wildman–Crippen MR) is 91.7 cm³/mol. The van der Waals surface area contributed by atoms with E-state index < -0.39 is 11.9 Å². The molecule has 2 heterocycles. The summed E-state index contributed by atoms with van der Waals surface area (Å²) < 4.78 is 4.78. The third kappa shape index (κ3) is 3.47. The van der Waals surface area contributed by atoms with Gasteiger partial charge in [0, 0.05) is 17.8 Å². The minimum absolute atomic E-state index is 0.0663. The van der Waals surface area contributed by atoms with Crippen LogP contribution in [0.1, 0.15) is 55.8 Å². The molecule has 0 aliphatic carbocycles. The van der Waals surface area contributed by atoms with Crippen LogP contribution in [-0.4, -0.2) is 34.2 Å². The molecule has 8 heteroatoms. The first-order valence-electron chi connectivity index (χ1n) is 7.94. The Morgan fingerprint density at radius 2 is 1.88 bits per heavy atom. The van der Waals surface area contributed by atoms with Crippen LogP contribution in [0.4, 0.5) is 0 Å². The summed E-state index contributed by atoms with van der Waals surface area (Å²) >= 11 is 0. The maximum absolute atomic E-state index is 12.5. The quantitative estimate of drug-likeness (QED) is 0.706. The number of carbonyl (C=O) groups excluding carboxylic acids is 2. The van der Waals surface area contributed by atoms with Crippen molar-refractivity contribution in [3.05, 3.63) is 49.7 Å². The minimum Gasteiger partial charge on any atom is -0.465 e. The van der Waals surface area contributed by atoms with E-state index >= 15 is 0 Å². The van der Waals surface area contributed by atoms with Gasteiger partial charge in [-0.05, 0) is 38.3 Å². The second-order valence-corrected chi connectivity index (χ2v) is 5.75. The minimum atomic E-state index is -0.485. The van der Waals surface area contributed by atoms with Gasteiger partial charge < -0.3 is 15.0 Å². The first kappa shape index (κ1) is 18.4. The van der Waals surface area contributed by atoms with Crippen molar-refractivity contribution in [2.24, 2.45) is 0 Å². The van der Waals surface area contributed by atoms with Crippen molar-refractivity contribution in [2.75, 3.05) is 7.11 Å². The Bertz CT molecular complexity index is 880. The molecule has 0 fully saturated rings. The number of aromatic nitrogens is 3. The molecule has 1 amide bonds. The van der Waals surface area contributed by atoms with E-state index in [2.05, 4.69) is 20.5 Å². The molecule has 0 saturated carbocycles. The number of carbonyl (C=O) groups is 2. The molecule has 2 rings (SSSR count). The molecule has 0 aromatic carbocycles. The number of methoxy groups -OCH3 is 1.